The maximum Gasteiger partial charge on any atom is 0.416 e. The molecule has 0 bridgehead atoms. The average molecular weight is 475 g/mol. The number of aliphatic hydroxyl groups excluding tert-OH is 1. The summed E-state index contributed by atoms with van der Waals surface area (Å²) in [6.07, 6.45) is 8.56. The molecule has 1 aromatic heterocycles. The van der Waals surface area contributed by atoms with Crippen molar-refractivity contribution in [2.75, 3.05) is 6.61 Å². The molecule has 1 saturated carbocycles. The van der Waals surface area contributed by atoms with Crippen LogP contribution in [0.4, 0.5) is 13.2 Å². The number of H-pyrrole nitrogens is 1. The van der Waals surface area contributed by atoms with E-state index in [1.165, 1.54) is 6.07 Å². The van der Waals surface area contributed by atoms with Crippen LogP contribution in [0.3, 0.4) is 0 Å². The lowest BCUT2D eigenvalue weighted by atomic mass is 9.72. The Morgan fingerprint density at radius 2 is 1.85 bits per heavy atom. The number of hydrogen-bond donors (Lipinski definition) is 2. The molecule has 2 aliphatic carbocycles. The first-order chi connectivity index (χ1) is 16.3. The van der Waals surface area contributed by atoms with Crippen molar-refractivity contribution in [3.8, 4) is 0 Å². The van der Waals surface area contributed by atoms with Gasteiger partial charge in [-0.2, -0.15) is 13.2 Å². The molecule has 2 aliphatic rings. The number of allylic oxidation sites excluding steroid dienone is 4. The molecule has 1 fully saturated rings. The van der Waals surface area contributed by atoms with Crippen LogP contribution >= 0.6 is 0 Å². The molecule has 0 spiro atoms. The largest absolute Gasteiger partial charge is 0.416 e. The Hall–Kier alpha value is -2.87. The van der Waals surface area contributed by atoms with Gasteiger partial charge in [-0.1, -0.05) is 42.5 Å². The van der Waals surface area contributed by atoms with Gasteiger partial charge in [-0.25, -0.2) is 4.79 Å². The van der Waals surface area contributed by atoms with E-state index < -0.39 is 23.0 Å². The van der Waals surface area contributed by atoms with E-state index in [1.807, 2.05) is 6.08 Å². The molecule has 2 aromatic rings. The third-order valence-electron chi connectivity index (χ3n) is 7.07. The Labute approximate surface area is 195 Å². The van der Waals surface area contributed by atoms with E-state index in [2.05, 4.69) is 23.2 Å². The first-order valence-electron chi connectivity index (χ1n) is 11.7. The zero-order valence-corrected chi connectivity index (χ0v) is 18.9. The zero-order valence-electron chi connectivity index (χ0n) is 18.9. The van der Waals surface area contributed by atoms with Gasteiger partial charge in [-0.05, 0) is 61.5 Å². The van der Waals surface area contributed by atoms with Gasteiger partial charge in [0.15, 0.2) is 0 Å². The van der Waals surface area contributed by atoms with Crippen LogP contribution in [0.1, 0.15) is 60.4 Å². The lowest BCUT2D eigenvalue weighted by Gasteiger charge is -2.33. The molecule has 182 valence electrons. The van der Waals surface area contributed by atoms with E-state index in [0.29, 0.717) is 28.7 Å². The zero-order chi connectivity index (χ0) is 24.3. The van der Waals surface area contributed by atoms with Gasteiger partial charge < -0.3 is 10.1 Å². The van der Waals surface area contributed by atoms with E-state index in [9.17, 15) is 27.9 Å². The molecule has 2 N–H and O–H groups in total. The lowest BCUT2D eigenvalue weighted by Crippen LogP contribution is -2.40. The number of nitrogens with zero attached hydrogens (tertiary/aromatic N) is 1. The predicted molar refractivity (Wildman–Crippen MR) is 124 cm³/mol. The van der Waals surface area contributed by atoms with Gasteiger partial charge >= 0.3 is 11.9 Å². The number of aliphatic hydroxyl groups is 1. The van der Waals surface area contributed by atoms with Gasteiger partial charge in [0, 0.05) is 17.7 Å². The Morgan fingerprint density at radius 3 is 2.50 bits per heavy atom. The summed E-state index contributed by atoms with van der Waals surface area (Å²) in [4.78, 5) is 28.7. The molecule has 1 aromatic carbocycles. The van der Waals surface area contributed by atoms with Crippen molar-refractivity contribution in [3.63, 3.8) is 0 Å². The Bertz CT molecular complexity index is 1180. The summed E-state index contributed by atoms with van der Waals surface area (Å²) in [7, 11) is 0. The molecule has 1 unspecified atom stereocenters. The summed E-state index contributed by atoms with van der Waals surface area (Å²) in [6.45, 7) is -0.557. The quantitative estimate of drug-likeness (QED) is 0.645. The van der Waals surface area contributed by atoms with Gasteiger partial charge in [-0.3, -0.25) is 9.36 Å². The lowest BCUT2D eigenvalue weighted by molar-refractivity contribution is -0.137. The minimum Gasteiger partial charge on any atom is -0.395 e. The molecule has 1 atom stereocenters. The molecule has 5 nitrogen and oxygen atoms in total. The minimum atomic E-state index is -4.48. The van der Waals surface area contributed by atoms with E-state index in [1.54, 1.807) is 6.07 Å². The average Bonchev–Trinajstić information content (AvgIpc) is 2.84. The predicted octanol–water partition coefficient (Wildman–Crippen LogP) is 4.54. The first-order valence-corrected chi connectivity index (χ1v) is 11.7. The SMILES string of the molecule is O=c1[nH]c([C@H]2CC[C@H](C3C=CC=CC3)CC2)c(Cc2cccc(C(F)(F)F)c2)c(=O)n1CCO. The van der Waals surface area contributed by atoms with Crippen molar-refractivity contribution < 1.29 is 18.3 Å². The van der Waals surface area contributed by atoms with Crippen molar-refractivity contribution >= 4 is 0 Å². The monoisotopic (exact) mass is 474 g/mol. The topological polar surface area (TPSA) is 75.1 Å². The van der Waals surface area contributed by atoms with Crippen LogP contribution in [0.15, 0.2) is 58.2 Å². The highest BCUT2D eigenvalue weighted by atomic mass is 19.4. The second kappa shape index (κ2) is 10.2. The van der Waals surface area contributed by atoms with E-state index in [-0.39, 0.29) is 25.5 Å². The highest BCUT2D eigenvalue weighted by Gasteiger charge is 2.32. The standard InChI is InChI=1S/C26H29F3N2O3/c27-26(28,29)21-8-4-5-17(15-21)16-22-23(30-25(34)31(13-14-32)24(22)33)20-11-9-19(10-12-20)18-6-2-1-3-7-18/h1-6,8,15,18-20,32H,7,9-14,16H2,(H,30,34)/t18?,19-,20-. The van der Waals surface area contributed by atoms with Gasteiger partial charge in [0.1, 0.15) is 0 Å². The van der Waals surface area contributed by atoms with Gasteiger partial charge in [0.2, 0.25) is 0 Å². The molecular formula is C26H29F3N2O3. The van der Waals surface area contributed by atoms with Crippen LogP contribution in [0.25, 0.3) is 0 Å². The molecule has 4 rings (SSSR count). The third-order valence-corrected chi connectivity index (χ3v) is 7.07. The molecule has 8 heteroatoms. The van der Waals surface area contributed by atoms with Crippen molar-refractivity contribution in [3.05, 3.63) is 91.8 Å². The third kappa shape index (κ3) is 5.27. The van der Waals surface area contributed by atoms with Crippen LogP contribution in [0.2, 0.25) is 0 Å². The number of nitrogens with one attached hydrogen (secondary N) is 1. The smallest absolute Gasteiger partial charge is 0.395 e. The molecule has 0 saturated heterocycles. The second-order valence-corrected chi connectivity index (χ2v) is 9.20. The van der Waals surface area contributed by atoms with Crippen LogP contribution in [0, 0.1) is 11.8 Å². The summed E-state index contributed by atoms with van der Waals surface area (Å²) >= 11 is 0. The van der Waals surface area contributed by atoms with Crippen LogP contribution in [-0.4, -0.2) is 21.3 Å². The fraction of sp³-hybridized carbons (Fsp3) is 0.462. The van der Waals surface area contributed by atoms with Crippen LogP contribution in [0.5, 0.6) is 0 Å². The molecular weight excluding hydrogens is 445 g/mol. The Balaban J connectivity index is 1.65. The van der Waals surface area contributed by atoms with Crippen molar-refractivity contribution in [2.24, 2.45) is 11.8 Å². The fourth-order valence-corrected chi connectivity index (χ4v) is 5.30. The van der Waals surface area contributed by atoms with Crippen molar-refractivity contribution in [1.29, 1.82) is 0 Å². The molecule has 0 amide bonds. The van der Waals surface area contributed by atoms with Gasteiger partial charge in [-0.15, -0.1) is 0 Å². The van der Waals surface area contributed by atoms with Crippen LogP contribution in [-0.2, 0) is 19.1 Å². The van der Waals surface area contributed by atoms with Gasteiger partial charge in [0.05, 0.1) is 18.7 Å². The number of aromatic amines is 1. The fourth-order valence-electron chi connectivity index (χ4n) is 5.30. The summed E-state index contributed by atoms with van der Waals surface area (Å²) in [5.41, 5.74) is -0.738. The highest BCUT2D eigenvalue weighted by molar-refractivity contribution is 5.33. The van der Waals surface area contributed by atoms with E-state index >= 15 is 0 Å². The summed E-state index contributed by atoms with van der Waals surface area (Å²) in [5.74, 6) is 0.988. The van der Waals surface area contributed by atoms with Crippen molar-refractivity contribution in [2.45, 2.75) is 57.2 Å². The number of aromatic nitrogens is 2. The number of rotatable bonds is 6. The number of hydrogen-bond acceptors (Lipinski definition) is 3. The molecule has 0 aliphatic heterocycles. The maximum atomic E-state index is 13.2. The maximum absolute atomic E-state index is 13.2. The van der Waals surface area contributed by atoms with Crippen LogP contribution < -0.4 is 11.2 Å². The molecule has 0 radical (unpaired) electrons. The number of benzene rings is 1. The van der Waals surface area contributed by atoms with E-state index in [0.717, 1.165) is 48.8 Å². The normalized spacial score (nSPS) is 22.8. The Kier molecular flexibility index (Phi) is 7.26. The number of alkyl halides is 3. The summed E-state index contributed by atoms with van der Waals surface area (Å²) in [5, 5.41) is 9.30. The van der Waals surface area contributed by atoms with Crippen molar-refractivity contribution in [1.82, 2.24) is 9.55 Å². The Morgan fingerprint density at radius 1 is 1.09 bits per heavy atom. The molecule has 1 heterocycles. The highest BCUT2D eigenvalue weighted by Crippen LogP contribution is 2.41. The summed E-state index contributed by atoms with van der Waals surface area (Å²) < 4.78 is 40.6. The van der Waals surface area contributed by atoms with Gasteiger partial charge in [0.25, 0.3) is 5.56 Å². The number of halogens is 3. The van der Waals surface area contributed by atoms with E-state index in [4.69, 9.17) is 0 Å². The minimum absolute atomic E-state index is 0.0175. The molecule has 34 heavy (non-hydrogen) atoms. The first kappa shape index (κ1) is 24.3. The second-order valence-electron chi connectivity index (χ2n) is 9.20. The summed E-state index contributed by atoms with van der Waals surface area (Å²) in [6, 6.07) is 4.93.